The molecule has 1 aliphatic rings. The molecule has 0 saturated carbocycles. The van der Waals surface area contributed by atoms with E-state index in [1.165, 1.54) is 14.1 Å². The molecule has 4 atom stereocenters. The standard InChI is InChI=1S/C13H19N3O7/c1-15-11(20)6(12(21)16(2)13(15)22)3-14-7-5-23-8(4-17)10(19)9(7)18/h3,7-10,17-20H,4-5H2,1-2H3/t7?,8?,9-,10-/m1/s1. The molecule has 0 bridgehead atoms. The van der Waals surface area contributed by atoms with Crippen molar-refractivity contribution in [3.8, 4) is 5.88 Å². The van der Waals surface area contributed by atoms with Gasteiger partial charge in [-0.1, -0.05) is 0 Å². The van der Waals surface area contributed by atoms with Crippen LogP contribution in [0.4, 0.5) is 0 Å². The Labute approximate surface area is 130 Å². The van der Waals surface area contributed by atoms with E-state index in [4.69, 9.17) is 9.84 Å². The van der Waals surface area contributed by atoms with Gasteiger partial charge < -0.3 is 25.2 Å². The van der Waals surface area contributed by atoms with Crippen molar-refractivity contribution in [3.05, 3.63) is 26.4 Å². The van der Waals surface area contributed by atoms with Gasteiger partial charge in [0, 0.05) is 20.3 Å². The van der Waals surface area contributed by atoms with E-state index in [1.807, 2.05) is 0 Å². The van der Waals surface area contributed by atoms with Gasteiger partial charge in [-0.05, 0) is 0 Å². The summed E-state index contributed by atoms with van der Waals surface area (Å²) < 4.78 is 6.86. The molecule has 1 saturated heterocycles. The number of ether oxygens (including phenoxy) is 1. The van der Waals surface area contributed by atoms with Crippen LogP contribution >= 0.6 is 0 Å². The van der Waals surface area contributed by atoms with Crippen molar-refractivity contribution in [3.63, 3.8) is 0 Å². The van der Waals surface area contributed by atoms with Crippen molar-refractivity contribution >= 4 is 6.21 Å². The highest BCUT2D eigenvalue weighted by Gasteiger charge is 2.37. The summed E-state index contributed by atoms with van der Waals surface area (Å²) in [5.41, 5.74) is -1.65. The Kier molecular flexibility index (Phi) is 5.00. The summed E-state index contributed by atoms with van der Waals surface area (Å²) in [4.78, 5) is 27.6. The summed E-state index contributed by atoms with van der Waals surface area (Å²) in [6.45, 7) is -0.524. The minimum absolute atomic E-state index is 0.0766. The lowest BCUT2D eigenvalue weighted by Crippen LogP contribution is -2.53. The van der Waals surface area contributed by atoms with E-state index in [9.17, 15) is 24.9 Å². The third-order valence-electron chi connectivity index (χ3n) is 3.85. The molecule has 0 radical (unpaired) electrons. The maximum absolute atomic E-state index is 12.0. The number of aromatic hydroxyl groups is 1. The fraction of sp³-hybridized carbons (Fsp3) is 0.615. The first-order chi connectivity index (χ1) is 10.8. The second-order valence-electron chi connectivity index (χ2n) is 5.32. The maximum Gasteiger partial charge on any atom is 0.333 e. The Hall–Kier alpha value is -2.01. The molecule has 4 N–H and O–H groups in total. The summed E-state index contributed by atoms with van der Waals surface area (Å²) in [6.07, 6.45) is -2.50. The molecule has 23 heavy (non-hydrogen) atoms. The van der Waals surface area contributed by atoms with Crippen LogP contribution in [-0.2, 0) is 18.8 Å². The summed E-state index contributed by atoms with van der Waals surface area (Å²) in [5, 5.41) is 38.6. The molecule has 2 rings (SSSR count). The molecule has 0 amide bonds. The molecule has 10 nitrogen and oxygen atoms in total. The van der Waals surface area contributed by atoms with Gasteiger partial charge >= 0.3 is 5.69 Å². The Balaban J connectivity index is 2.32. The monoisotopic (exact) mass is 329 g/mol. The molecule has 2 heterocycles. The summed E-state index contributed by atoms with van der Waals surface area (Å²) in [7, 11) is 2.55. The van der Waals surface area contributed by atoms with Crippen molar-refractivity contribution in [1.82, 2.24) is 9.13 Å². The van der Waals surface area contributed by atoms with Gasteiger partial charge in [0.05, 0.1) is 13.2 Å². The zero-order chi connectivity index (χ0) is 17.3. The van der Waals surface area contributed by atoms with Crippen LogP contribution in [0.15, 0.2) is 14.6 Å². The number of hydrogen-bond donors (Lipinski definition) is 4. The third-order valence-corrected chi connectivity index (χ3v) is 3.85. The molecular weight excluding hydrogens is 310 g/mol. The lowest BCUT2D eigenvalue weighted by molar-refractivity contribution is -0.155. The van der Waals surface area contributed by atoms with Gasteiger partial charge in [0.1, 0.15) is 29.9 Å². The van der Waals surface area contributed by atoms with Crippen LogP contribution in [0, 0.1) is 0 Å². The largest absolute Gasteiger partial charge is 0.494 e. The molecule has 0 aromatic carbocycles. The topological polar surface area (TPSA) is 147 Å². The SMILES string of the molecule is Cn1c(O)c(C=NC2COC(CO)[C@@H](O)[C@@H]2O)c(=O)n(C)c1=O. The number of rotatable bonds is 3. The molecule has 128 valence electrons. The van der Waals surface area contributed by atoms with E-state index < -0.39 is 48.1 Å². The predicted octanol–water partition coefficient (Wildman–Crippen LogP) is -3.31. The molecular formula is C13H19N3O7. The first kappa shape index (κ1) is 17.3. The van der Waals surface area contributed by atoms with E-state index in [-0.39, 0.29) is 12.2 Å². The zero-order valence-corrected chi connectivity index (χ0v) is 12.7. The number of aromatic nitrogens is 2. The van der Waals surface area contributed by atoms with Crippen molar-refractivity contribution in [2.24, 2.45) is 19.1 Å². The van der Waals surface area contributed by atoms with Crippen molar-refractivity contribution in [1.29, 1.82) is 0 Å². The quantitative estimate of drug-likeness (QED) is 0.425. The summed E-state index contributed by atoms with van der Waals surface area (Å²) in [5.74, 6) is -0.554. The minimum Gasteiger partial charge on any atom is -0.494 e. The smallest absolute Gasteiger partial charge is 0.333 e. The van der Waals surface area contributed by atoms with Crippen LogP contribution < -0.4 is 11.2 Å². The Morgan fingerprint density at radius 2 is 1.91 bits per heavy atom. The first-order valence-corrected chi connectivity index (χ1v) is 6.90. The highest BCUT2D eigenvalue weighted by molar-refractivity contribution is 5.82. The van der Waals surface area contributed by atoms with E-state index in [0.29, 0.717) is 0 Å². The normalized spacial score (nSPS) is 28.4. The highest BCUT2D eigenvalue weighted by atomic mass is 16.5. The number of nitrogens with zero attached hydrogens (tertiary/aromatic N) is 3. The van der Waals surface area contributed by atoms with Crippen LogP contribution in [0.25, 0.3) is 0 Å². The Morgan fingerprint density at radius 1 is 1.26 bits per heavy atom. The molecule has 0 aliphatic carbocycles. The first-order valence-electron chi connectivity index (χ1n) is 6.90. The molecule has 2 unspecified atom stereocenters. The lowest BCUT2D eigenvalue weighted by Gasteiger charge is -2.34. The molecule has 0 spiro atoms. The molecule has 1 aliphatic heterocycles. The van der Waals surface area contributed by atoms with E-state index in [2.05, 4.69) is 4.99 Å². The van der Waals surface area contributed by atoms with E-state index in [1.54, 1.807) is 0 Å². The predicted molar refractivity (Wildman–Crippen MR) is 78.8 cm³/mol. The molecule has 10 heteroatoms. The average molecular weight is 329 g/mol. The number of aliphatic hydroxyl groups is 3. The second-order valence-corrected chi connectivity index (χ2v) is 5.32. The van der Waals surface area contributed by atoms with E-state index >= 15 is 0 Å². The minimum atomic E-state index is -1.33. The van der Waals surface area contributed by atoms with Crippen molar-refractivity contribution < 1.29 is 25.2 Å². The number of aliphatic imine (C=N–C) groups is 1. The Morgan fingerprint density at radius 3 is 2.52 bits per heavy atom. The highest BCUT2D eigenvalue weighted by Crippen LogP contribution is 2.18. The van der Waals surface area contributed by atoms with Crippen molar-refractivity contribution in [2.45, 2.75) is 24.4 Å². The fourth-order valence-corrected chi connectivity index (χ4v) is 2.30. The number of aliphatic hydroxyl groups excluding tert-OH is 3. The van der Waals surface area contributed by atoms with Crippen LogP contribution in [0.5, 0.6) is 5.88 Å². The summed E-state index contributed by atoms with van der Waals surface area (Å²) >= 11 is 0. The zero-order valence-electron chi connectivity index (χ0n) is 12.7. The molecule has 1 aromatic heterocycles. The second kappa shape index (κ2) is 6.62. The van der Waals surface area contributed by atoms with E-state index in [0.717, 1.165) is 15.3 Å². The van der Waals surface area contributed by atoms with Crippen molar-refractivity contribution in [2.75, 3.05) is 13.2 Å². The number of hydrogen-bond acceptors (Lipinski definition) is 8. The van der Waals surface area contributed by atoms with Gasteiger partial charge in [-0.2, -0.15) is 0 Å². The average Bonchev–Trinajstić information content (AvgIpc) is 2.55. The summed E-state index contributed by atoms with van der Waals surface area (Å²) in [6, 6.07) is -0.880. The maximum atomic E-state index is 12.0. The molecule has 1 fully saturated rings. The van der Waals surface area contributed by atoms with Gasteiger partial charge in [0.25, 0.3) is 5.56 Å². The van der Waals surface area contributed by atoms with Crippen LogP contribution in [0.1, 0.15) is 5.56 Å². The van der Waals surface area contributed by atoms with Gasteiger partial charge in [-0.3, -0.25) is 18.9 Å². The van der Waals surface area contributed by atoms with Crippen LogP contribution in [0.2, 0.25) is 0 Å². The lowest BCUT2D eigenvalue weighted by atomic mass is 9.99. The van der Waals surface area contributed by atoms with Gasteiger partial charge in [0.2, 0.25) is 5.88 Å². The third kappa shape index (κ3) is 3.06. The molecule has 1 aromatic rings. The fourth-order valence-electron chi connectivity index (χ4n) is 2.30. The van der Waals surface area contributed by atoms with Gasteiger partial charge in [-0.25, -0.2) is 4.79 Å². The van der Waals surface area contributed by atoms with Crippen LogP contribution in [0.3, 0.4) is 0 Å². The van der Waals surface area contributed by atoms with Gasteiger partial charge in [-0.15, -0.1) is 0 Å². The Bertz CT molecular complexity index is 724. The van der Waals surface area contributed by atoms with Gasteiger partial charge in [0.15, 0.2) is 0 Å². The van der Waals surface area contributed by atoms with Crippen LogP contribution in [-0.4, -0.2) is 73.3 Å².